The molecule has 30 heavy (non-hydrogen) atoms. The number of aryl methyl sites for hydroxylation is 1. The second-order valence-electron chi connectivity index (χ2n) is 8.14. The number of nitrogens with zero attached hydrogens (tertiary/aromatic N) is 1. The maximum atomic E-state index is 11.6. The van der Waals surface area contributed by atoms with E-state index in [4.69, 9.17) is 9.47 Å². The number of esters is 1. The minimum absolute atomic E-state index is 0.193. The van der Waals surface area contributed by atoms with Crippen molar-refractivity contribution in [2.24, 2.45) is 5.92 Å². The number of pyridine rings is 1. The summed E-state index contributed by atoms with van der Waals surface area (Å²) < 4.78 is 11.1. The summed E-state index contributed by atoms with van der Waals surface area (Å²) in [5.74, 6) is 1.33. The number of fused-ring (bicyclic) bond motifs is 1. The van der Waals surface area contributed by atoms with Crippen molar-refractivity contribution < 1.29 is 14.3 Å². The summed E-state index contributed by atoms with van der Waals surface area (Å²) in [6, 6.07) is 16.5. The van der Waals surface area contributed by atoms with Crippen molar-refractivity contribution in [2.75, 3.05) is 13.7 Å². The minimum atomic E-state index is -0.193. The Kier molecular flexibility index (Phi) is 6.63. The van der Waals surface area contributed by atoms with Gasteiger partial charge in [-0.25, -0.2) is 0 Å². The van der Waals surface area contributed by atoms with Gasteiger partial charge in [-0.3, -0.25) is 9.78 Å². The van der Waals surface area contributed by atoms with Gasteiger partial charge < -0.3 is 9.47 Å². The van der Waals surface area contributed by atoms with Crippen LogP contribution in [0.15, 0.2) is 54.7 Å². The largest absolute Gasteiger partial charge is 0.493 e. The number of hydrogen-bond donors (Lipinski definition) is 0. The maximum Gasteiger partial charge on any atom is 0.305 e. The fourth-order valence-corrected chi connectivity index (χ4v) is 4.21. The van der Waals surface area contributed by atoms with Crippen molar-refractivity contribution in [3.05, 3.63) is 60.3 Å². The molecule has 1 aliphatic carbocycles. The fourth-order valence-electron chi connectivity index (χ4n) is 4.21. The molecule has 0 radical (unpaired) electrons. The average Bonchev–Trinajstić information content (AvgIpc) is 2.81. The molecule has 4 nitrogen and oxygen atoms in total. The zero-order valence-corrected chi connectivity index (χ0v) is 17.6. The van der Waals surface area contributed by atoms with E-state index in [1.807, 2.05) is 30.5 Å². The van der Waals surface area contributed by atoms with Crippen molar-refractivity contribution in [1.29, 1.82) is 0 Å². The smallest absolute Gasteiger partial charge is 0.305 e. The molecule has 0 aliphatic heterocycles. The van der Waals surface area contributed by atoms with E-state index in [2.05, 4.69) is 29.2 Å². The zero-order valence-electron chi connectivity index (χ0n) is 17.6. The van der Waals surface area contributed by atoms with E-state index in [0.717, 1.165) is 39.9 Å². The Morgan fingerprint density at radius 2 is 1.90 bits per heavy atom. The average molecular weight is 404 g/mol. The van der Waals surface area contributed by atoms with E-state index >= 15 is 0 Å². The lowest BCUT2D eigenvalue weighted by atomic mass is 9.90. The summed E-state index contributed by atoms with van der Waals surface area (Å²) in [7, 11) is 1.43. The summed E-state index contributed by atoms with van der Waals surface area (Å²) in [6.07, 6.45) is 9.39. The lowest BCUT2D eigenvalue weighted by Crippen LogP contribution is -2.15. The van der Waals surface area contributed by atoms with Crippen molar-refractivity contribution in [2.45, 2.75) is 44.9 Å². The van der Waals surface area contributed by atoms with Crippen LogP contribution in [0.2, 0.25) is 0 Å². The Bertz CT molecular complexity index is 1010. The molecule has 0 saturated heterocycles. The lowest BCUT2D eigenvalue weighted by molar-refractivity contribution is -0.140. The zero-order chi connectivity index (χ0) is 20.8. The number of ether oxygens (including phenoxy) is 2. The van der Waals surface area contributed by atoms with Gasteiger partial charge in [0.05, 0.1) is 19.2 Å². The molecule has 1 aromatic heterocycles. The second-order valence-corrected chi connectivity index (χ2v) is 8.14. The number of carbonyl (C=O) groups is 1. The first-order chi connectivity index (χ1) is 14.7. The molecule has 4 rings (SSSR count). The summed E-state index contributed by atoms with van der Waals surface area (Å²) in [6.45, 7) is 0.759. The third-order valence-corrected chi connectivity index (χ3v) is 5.99. The van der Waals surface area contributed by atoms with Gasteiger partial charge in [0.2, 0.25) is 0 Å². The Morgan fingerprint density at radius 1 is 1.07 bits per heavy atom. The van der Waals surface area contributed by atoms with Crippen molar-refractivity contribution in [3.63, 3.8) is 0 Å². The van der Waals surface area contributed by atoms with Crippen LogP contribution in [0.1, 0.15) is 44.1 Å². The van der Waals surface area contributed by atoms with Gasteiger partial charge in [0.15, 0.2) is 0 Å². The van der Waals surface area contributed by atoms with Crippen LogP contribution in [0.25, 0.3) is 22.0 Å². The summed E-state index contributed by atoms with van der Waals surface area (Å²) in [4.78, 5) is 16.2. The van der Waals surface area contributed by atoms with Gasteiger partial charge in [-0.2, -0.15) is 0 Å². The molecule has 2 aromatic carbocycles. The molecule has 1 heterocycles. The predicted molar refractivity (Wildman–Crippen MR) is 120 cm³/mol. The third-order valence-electron chi connectivity index (χ3n) is 5.99. The van der Waals surface area contributed by atoms with E-state index in [1.165, 1.54) is 39.2 Å². The summed E-state index contributed by atoms with van der Waals surface area (Å²) in [5.41, 5.74) is 4.14. The molecule has 156 valence electrons. The van der Waals surface area contributed by atoms with Gasteiger partial charge in [0.25, 0.3) is 0 Å². The highest BCUT2D eigenvalue weighted by Crippen LogP contribution is 2.34. The van der Waals surface area contributed by atoms with E-state index in [0.29, 0.717) is 18.8 Å². The Morgan fingerprint density at radius 3 is 2.73 bits per heavy atom. The molecular formula is C26H29NO3. The standard InChI is InChI=1S/C26H29NO3/c1-29-26(28)14-12-19-11-13-25(30-18-20-7-3-2-4-8-20)23(15-19)22-16-21-9-5-6-10-24(21)27-17-22/h5-6,9-11,13,15-17,20H,2-4,7-8,12,14,18H2,1H3. The van der Waals surface area contributed by atoms with Crippen molar-refractivity contribution >= 4 is 16.9 Å². The van der Waals surface area contributed by atoms with Crippen LogP contribution in [-0.2, 0) is 16.0 Å². The molecule has 1 fully saturated rings. The molecular weight excluding hydrogens is 374 g/mol. The van der Waals surface area contributed by atoms with E-state index in [-0.39, 0.29) is 5.97 Å². The van der Waals surface area contributed by atoms with Crippen LogP contribution >= 0.6 is 0 Å². The van der Waals surface area contributed by atoms with Gasteiger partial charge in [-0.1, -0.05) is 43.5 Å². The first-order valence-electron chi connectivity index (χ1n) is 10.9. The predicted octanol–water partition coefficient (Wildman–Crippen LogP) is 5.97. The van der Waals surface area contributed by atoms with Gasteiger partial charge >= 0.3 is 5.97 Å². The number of aromatic nitrogens is 1. The highest BCUT2D eigenvalue weighted by atomic mass is 16.5. The highest BCUT2D eigenvalue weighted by molar-refractivity contribution is 5.85. The Balaban J connectivity index is 1.62. The van der Waals surface area contributed by atoms with Gasteiger partial charge in [-0.05, 0) is 55.0 Å². The first kappa shape index (κ1) is 20.4. The SMILES string of the molecule is COC(=O)CCc1ccc(OCC2CCCCC2)c(-c2cnc3ccccc3c2)c1. The number of benzene rings is 2. The summed E-state index contributed by atoms with van der Waals surface area (Å²) >= 11 is 0. The molecule has 0 N–H and O–H groups in total. The van der Waals surface area contributed by atoms with Crippen LogP contribution in [0.4, 0.5) is 0 Å². The van der Waals surface area contributed by atoms with E-state index in [1.54, 1.807) is 0 Å². The highest BCUT2D eigenvalue weighted by Gasteiger charge is 2.16. The third kappa shape index (κ3) is 4.99. The Labute approximate surface area is 178 Å². The first-order valence-corrected chi connectivity index (χ1v) is 10.9. The fraction of sp³-hybridized carbons (Fsp3) is 0.385. The molecule has 1 aliphatic rings. The molecule has 0 spiro atoms. The van der Waals surface area contributed by atoms with Crippen LogP contribution < -0.4 is 4.74 Å². The molecule has 3 aromatic rings. The topological polar surface area (TPSA) is 48.4 Å². The monoisotopic (exact) mass is 403 g/mol. The quantitative estimate of drug-likeness (QED) is 0.456. The van der Waals surface area contributed by atoms with Gasteiger partial charge in [-0.15, -0.1) is 0 Å². The second kappa shape index (κ2) is 9.75. The normalized spacial score (nSPS) is 14.6. The van der Waals surface area contributed by atoms with Gasteiger partial charge in [0.1, 0.15) is 5.75 Å². The number of para-hydroxylation sites is 1. The van der Waals surface area contributed by atoms with Crippen LogP contribution in [0.5, 0.6) is 5.75 Å². The number of hydrogen-bond acceptors (Lipinski definition) is 4. The van der Waals surface area contributed by atoms with Crippen LogP contribution in [-0.4, -0.2) is 24.7 Å². The van der Waals surface area contributed by atoms with Crippen LogP contribution in [0.3, 0.4) is 0 Å². The summed E-state index contributed by atoms with van der Waals surface area (Å²) in [5, 5.41) is 1.10. The number of rotatable bonds is 7. The number of carbonyl (C=O) groups excluding carboxylic acids is 1. The molecule has 0 atom stereocenters. The molecule has 0 bridgehead atoms. The number of methoxy groups -OCH3 is 1. The Hall–Kier alpha value is -2.88. The van der Waals surface area contributed by atoms with Crippen LogP contribution in [0, 0.1) is 5.92 Å². The van der Waals surface area contributed by atoms with Gasteiger partial charge in [0, 0.05) is 29.1 Å². The molecule has 1 saturated carbocycles. The van der Waals surface area contributed by atoms with Crippen molar-refractivity contribution in [3.8, 4) is 16.9 Å². The van der Waals surface area contributed by atoms with E-state index in [9.17, 15) is 4.79 Å². The lowest BCUT2D eigenvalue weighted by Gasteiger charge is -2.22. The van der Waals surface area contributed by atoms with Crippen molar-refractivity contribution in [1.82, 2.24) is 4.98 Å². The molecule has 0 unspecified atom stereocenters. The maximum absolute atomic E-state index is 11.6. The van der Waals surface area contributed by atoms with E-state index < -0.39 is 0 Å². The molecule has 4 heteroatoms. The minimum Gasteiger partial charge on any atom is -0.493 e. The molecule has 0 amide bonds.